The van der Waals surface area contributed by atoms with E-state index in [9.17, 15) is 4.79 Å². The fraction of sp³-hybridized carbons (Fsp3) is 0.0870. The first-order chi connectivity index (χ1) is 15.0. The average molecular weight is 434 g/mol. The summed E-state index contributed by atoms with van der Waals surface area (Å²) < 4.78 is 5.14. The first-order valence-corrected chi connectivity index (χ1v) is 9.93. The standard InChI is InChI=1S/C23H23N5O2S/c1-16(27-28-22(29)24-18-6-4-3-5-7-18)17-8-10-19(11-9-17)25-23(31)26-20-12-14-21(30-2)15-13-20/h3-15H,1-2H3,(H2,24,28,29)(H2,25,26,31). The molecule has 0 bridgehead atoms. The number of anilines is 3. The lowest BCUT2D eigenvalue weighted by Crippen LogP contribution is -2.25. The zero-order valence-electron chi connectivity index (χ0n) is 17.2. The van der Waals surface area contributed by atoms with E-state index >= 15 is 0 Å². The van der Waals surface area contributed by atoms with E-state index < -0.39 is 6.03 Å². The number of benzene rings is 3. The number of para-hydroxylation sites is 1. The second-order valence-electron chi connectivity index (χ2n) is 6.51. The van der Waals surface area contributed by atoms with Crippen molar-refractivity contribution in [2.75, 3.05) is 23.1 Å². The predicted octanol–water partition coefficient (Wildman–Crippen LogP) is 5.05. The second kappa shape index (κ2) is 10.7. The molecule has 0 heterocycles. The molecule has 2 amide bonds. The summed E-state index contributed by atoms with van der Waals surface area (Å²) in [7, 11) is 1.63. The van der Waals surface area contributed by atoms with Crippen LogP contribution in [-0.4, -0.2) is 24.0 Å². The molecule has 0 fully saturated rings. The van der Waals surface area contributed by atoms with Crippen LogP contribution >= 0.6 is 12.2 Å². The van der Waals surface area contributed by atoms with Gasteiger partial charge in [-0.2, -0.15) is 5.10 Å². The van der Waals surface area contributed by atoms with Gasteiger partial charge in [0.25, 0.3) is 0 Å². The molecular formula is C23H23N5O2S. The highest BCUT2D eigenvalue weighted by atomic mass is 32.1. The van der Waals surface area contributed by atoms with Crippen LogP contribution in [-0.2, 0) is 0 Å². The fourth-order valence-electron chi connectivity index (χ4n) is 2.64. The smallest absolute Gasteiger partial charge is 0.339 e. The maximum Gasteiger partial charge on any atom is 0.339 e. The molecule has 0 atom stereocenters. The Morgan fingerprint density at radius 2 is 1.35 bits per heavy atom. The summed E-state index contributed by atoms with van der Waals surface area (Å²) in [6.45, 7) is 1.82. The van der Waals surface area contributed by atoms with Gasteiger partial charge in [-0.3, -0.25) is 0 Å². The van der Waals surface area contributed by atoms with Crippen molar-refractivity contribution in [3.05, 3.63) is 84.4 Å². The van der Waals surface area contributed by atoms with Crippen LogP contribution in [0.2, 0.25) is 0 Å². The Labute approximate surface area is 186 Å². The predicted molar refractivity (Wildman–Crippen MR) is 130 cm³/mol. The molecule has 0 spiro atoms. The van der Waals surface area contributed by atoms with E-state index in [1.165, 1.54) is 0 Å². The number of hydrazone groups is 1. The molecule has 0 aromatic heterocycles. The molecule has 0 saturated carbocycles. The molecule has 3 rings (SSSR count). The molecule has 0 unspecified atom stereocenters. The highest BCUT2D eigenvalue weighted by Gasteiger charge is 2.03. The second-order valence-corrected chi connectivity index (χ2v) is 6.92. The molecule has 0 aliphatic heterocycles. The third kappa shape index (κ3) is 6.83. The van der Waals surface area contributed by atoms with Crippen molar-refractivity contribution in [1.82, 2.24) is 5.43 Å². The van der Waals surface area contributed by atoms with Crippen molar-refractivity contribution in [3.63, 3.8) is 0 Å². The summed E-state index contributed by atoms with van der Waals surface area (Å²) >= 11 is 5.36. The summed E-state index contributed by atoms with van der Waals surface area (Å²) in [6.07, 6.45) is 0. The van der Waals surface area contributed by atoms with Gasteiger partial charge < -0.3 is 20.7 Å². The number of urea groups is 1. The van der Waals surface area contributed by atoms with Crippen molar-refractivity contribution in [3.8, 4) is 5.75 Å². The van der Waals surface area contributed by atoms with E-state index in [0.717, 1.165) is 22.7 Å². The lowest BCUT2D eigenvalue weighted by Gasteiger charge is -2.11. The first-order valence-electron chi connectivity index (χ1n) is 9.52. The van der Waals surface area contributed by atoms with E-state index in [2.05, 4.69) is 26.5 Å². The van der Waals surface area contributed by atoms with Gasteiger partial charge in [-0.15, -0.1) is 0 Å². The molecule has 31 heavy (non-hydrogen) atoms. The van der Waals surface area contributed by atoms with Gasteiger partial charge in [-0.25, -0.2) is 10.2 Å². The number of nitrogens with one attached hydrogen (secondary N) is 4. The Kier molecular flexibility index (Phi) is 7.56. The third-order valence-electron chi connectivity index (χ3n) is 4.27. The molecule has 0 radical (unpaired) electrons. The highest BCUT2D eigenvalue weighted by molar-refractivity contribution is 7.80. The summed E-state index contributed by atoms with van der Waals surface area (Å²) in [5, 5.41) is 13.6. The Morgan fingerprint density at radius 1 is 0.806 bits per heavy atom. The van der Waals surface area contributed by atoms with Crippen LogP contribution in [0.1, 0.15) is 12.5 Å². The van der Waals surface area contributed by atoms with Crippen molar-refractivity contribution in [2.24, 2.45) is 5.10 Å². The van der Waals surface area contributed by atoms with Crippen molar-refractivity contribution >= 4 is 46.1 Å². The summed E-state index contributed by atoms with van der Waals surface area (Å²) in [6, 6.07) is 23.8. The van der Waals surface area contributed by atoms with Crippen LogP contribution in [0.3, 0.4) is 0 Å². The molecule has 3 aromatic carbocycles. The molecule has 7 nitrogen and oxygen atoms in total. The number of carbonyl (C=O) groups is 1. The Hall–Kier alpha value is -3.91. The normalized spacial score (nSPS) is 10.7. The Balaban J connectivity index is 1.51. The van der Waals surface area contributed by atoms with E-state index in [0.29, 0.717) is 16.5 Å². The van der Waals surface area contributed by atoms with Gasteiger partial charge in [0.05, 0.1) is 12.8 Å². The molecule has 8 heteroatoms. The first kappa shape index (κ1) is 21.8. The van der Waals surface area contributed by atoms with Gasteiger partial charge in [-0.1, -0.05) is 30.3 Å². The fourth-order valence-corrected chi connectivity index (χ4v) is 2.88. The number of ether oxygens (including phenoxy) is 1. The number of amides is 2. The minimum atomic E-state index is -0.404. The van der Waals surface area contributed by atoms with Crippen LogP contribution in [0.15, 0.2) is 84.0 Å². The quantitative estimate of drug-likeness (QED) is 0.248. The minimum absolute atomic E-state index is 0.404. The van der Waals surface area contributed by atoms with Crippen LogP contribution in [0.5, 0.6) is 5.75 Å². The zero-order chi connectivity index (χ0) is 22.1. The minimum Gasteiger partial charge on any atom is -0.497 e. The molecule has 3 aromatic rings. The van der Waals surface area contributed by atoms with Crippen LogP contribution in [0, 0.1) is 0 Å². The number of thiocarbonyl (C=S) groups is 1. The van der Waals surface area contributed by atoms with Gasteiger partial charge in [-0.05, 0) is 73.2 Å². The molecular weight excluding hydrogens is 410 g/mol. The molecule has 4 N–H and O–H groups in total. The zero-order valence-corrected chi connectivity index (χ0v) is 18.0. The van der Waals surface area contributed by atoms with Crippen LogP contribution in [0.4, 0.5) is 21.9 Å². The van der Waals surface area contributed by atoms with E-state index in [1.54, 1.807) is 19.2 Å². The van der Waals surface area contributed by atoms with E-state index in [1.807, 2.05) is 73.7 Å². The molecule has 0 saturated heterocycles. The Bertz CT molecular complexity index is 1050. The molecule has 0 aliphatic rings. The average Bonchev–Trinajstić information content (AvgIpc) is 2.79. The summed E-state index contributed by atoms with van der Waals surface area (Å²) in [4.78, 5) is 11.9. The topological polar surface area (TPSA) is 86.8 Å². The molecule has 0 aliphatic carbocycles. The number of carbonyl (C=O) groups excluding carboxylic acids is 1. The number of rotatable bonds is 6. The maximum absolute atomic E-state index is 11.9. The van der Waals surface area contributed by atoms with Gasteiger partial charge in [0.15, 0.2) is 5.11 Å². The van der Waals surface area contributed by atoms with E-state index in [4.69, 9.17) is 17.0 Å². The lowest BCUT2D eigenvalue weighted by molar-refractivity contribution is 0.252. The number of nitrogens with zero attached hydrogens (tertiary/aromatic N) is 1. The maximum atomic E-state index is 11.9. The molecule has 158 valence electrons. The number of hydrogen-bond donors (Lipinski definition) is 4. The SMILES string of the molecule is COc1ccc(NC(=S)Nc2ccc(C(C)=NNC(=O)Nc3ccccc3)cc2)cc1. The largest absolute Gasteiger partial charge is 0.497 e. The van der Waals surface area contributed by atoms with Gasteiger partial charge in [0, 0.05) is 17.1 Å². The van der Waals surface area contributed by atoms with Gasteiger partial charge >= 0.3 is 6.03 Å². The highest BCUT2D eigenvalue weighted by Crippen LogP contribution is 2.16. The van der Waals surface area contributed by atoms with Crippen molar-refractivity contribution < 1.29 is 9.53 Å². The van der Waals surface area contributed by atoms with Gasteiger partial charge in [0.2, 0.25) is 0 Å². The summed E-state index contributed by atoms with van der Waals surface area (Å²) in [5.41, 5.74) is 6.43. The van der Waals surface area contributed by atoms with Crippen LogP contribution in [0.25, 0.3) is 0 Å². The van der Waals surface area contributed by atoms with Crippen LogP contribution < -0.4 is 26.1 Å². The number of methoxy groups -OCH3 is 1. The van der Waals surface area contributed by atoms with Crippen molar-refractivity contribution in [1.29, 1.82) is 0 Å². The number of hydrogen-bond acceptors (Lipinski definition) is 4. The third-order valence-corrected chi connectivity index (χ3v) is 4.47. The monoisotopic (exact) mass is 433 g/mol. The lowest BCUT2D eigenvalue weighted by atomic mass is 10.1. The Morgan fingerprint density at radius 3 is 1.94 bits per heavy atom. The van der Waals surface area contributed by atoms with Crippen molar-refractivity contribution in [2.45, 2.75) is 6.92 Å². The van der Waals surface area contributed by atoms with E-state index in [-0.39, 0.29) is 0 Å². The summed E-state index contributed by atoms with van der Waals surface area (Å²) in [5.74, 6) is 0.782. The van der Waals surface area contributed by atoms with Gasteiger partial charge in [0.1, 0.15) is 5.75 Å².